The molecule has 0 bridgehead atoms. The van der Waals surface area contributed by atoms with Gasteiger partial charge in [-0.1, -0.05) is 134 Å². The third kappa shape index (κ3) is 38.8. The number of H-pyrrole nitrogens is 2. The SMILES string of the molecule is CC(C)(C)OC(=O)N[C@@H](CC1CCCCC1)C(=O)O.COC(=O)[C@@H](N)C[C@@H]1CCNC1=O.COC(=O)[C@H](C[C@@H]1CCCC1=O)NC(=O)[C@H](CC1CCCCC1)NC(=O)c1cc2c(OC)cccc2[nH]1.COC(=O)[C@H](C[C@@H]1CCNC1=O)NC(=O)[C@@H](N)CC1CCCCC1.COC(=O)[C@H](C[C@@H]1CCNC1=O)NC(=O)[C@H](CC1CCCCC1)NC(=O)OC(C)(C)C.COc1cc(C)cc2[nH]c(C(=O)O)cc12. The lowest BCUT2D eigenvalue weighted by Crippen LogP contribution is -2.53. The Morgan fingerprint density at radius 1 is 0.388 bits per heavy atom. The summed E-state index contributed by atoms with van der Waals surface area (Å²) in [4.78, 5) is 199. The van der Waals surface area contributed by atoms with E-state index in [1.165, 1.54) is 67.0 Å². The van der Waals surface area contributed by atoms with Crippen LogP contribution >= 0.6 is 0 Å². The predicted molar refractivity (Wildman–Crippen MR) is 515 cm³/mol. The van der Waals surface area contributed by atoms with Gasteiger partial charge in [0.2, 0.25) is 35.4 Å². The fourth-order valence-electron chi connectivity index (χ4n) is 19.1. The summed E-state index contributed by atoms with van der Waals surface area (Å²) in [6.07, 6.45) is 28.1. The zero-order valence-electron chi connectivity index (χ0n) is 83.3. The number of aromatic amines is 2. The van der Waals surface area contributed by atoms with Crippen molar-refractivity contribution < 1.29 is 125 Å². The molecule has 0 spiro atoms. The van der Waals surface area contributed by atoms with Crippen LogP contribution in [0.1, 0.15) is 286 Å². The predicted octanol–water partition coefficient (Wildman–Crippen LogP) is 10.3. The van der Waals surface area contributed by atoms with Crippen LogP contribution in [0.2, 0.25) is 0 Å². The number of methoxy groups -OCH3 is 6. The highest BCUT2D eigenvalue weighted by Gasteiger charge is 2.40. The number of aryl methyl sites for hydroxylation is 1. The summed E-state index contributed by atoms with van der Waals surface area (Å²) in [6, 6.07) is 6.03. The second-order valence-electron chi connectivity index (χ2n) is 39.6. The van der Waals surface area contributed by atoms with Crippen LogP contribution in [0.5, 0.6) is 11.5 Å². The Hall–Kier alpha value is -11.6. The molecule has 139 heavy (non-hydrogen) atoms. The van der Waals surface area contributed by atoms with E-state index in [2.05, 4.69) is 62.6 Å². The van der Waals surface area contributed by atoms with Gasteiger partial charge >= 0.3 is 48.0 Å². The number of rotatable bonds is 34. The van der Waals surface area contributed by atoms with Gasteiger partial charge in [0.1, 0.15) is 82.2 Å². The van der Waals surface area contributed by atoms with Crippen LogP contribution in [0.25, 0.3) is 21.8 Å². The van der Waals surface area contributed by atoms with E-state index in [9.17, 15) is 81.8 Å². The lowest BCUT2D eigenvalue weighted by Gasteiger charge is -2.29. The molecule has 5 aliphatic carbocycles. The van der Waals surface area contributed by atoms with Crippen molar-refractivity contribution in [2.24, 2.45) is 58.8 Å². The van der Waals surface area contributed by atoms with Crippen molar-refractivity contribution >= 4 is 117 Å². The first kappa shape index (κ1) is 114. The van der Waals surface area contributed by atoms with Gasteiger partial charge in [0.25, 0.3) is 5.91 Å². The molecule has 0 unspecified atom stereocenters. The molecule has 9 amide bonds. The van der Waals surface area contributed by atoms with Crippen LogP contribution in [0, 0.1) is 54.3 Å². The first-order valence-corrected chi connectivity index (χ1v) is 49.2. The van der Waals surface area contributed by atoms with Crippen molar-refractivity contribution in [1.29, 1.82) is 0 Å². The number of carboxylic acid groups (broad SMARTS) is 2. The molecular formula is C100H153N13O26. The maximum Gasteiger partial charge on any atom is 0.408 e. The molecule has 774 valence electrons. The zero-order valence-corrected chi connectivity index (χ0v) is 83.3. The molecule has 17 N–H and O–H groups in total. The maximum absolute atomic E-state index is 13.5. The van der Waals surface area contributed by atoms with Gasteiger partial charge < -0.3 is 117 Å². The number of amides is 9. The molecule has 12 atom stereocenters. The first-order valence-electron chi connectivity index (χ1n) is 49.2. The van der Waals surface area contributed by atoms with Crippen molar-refractivity contribution in [3.8, 4) is 11.5 Å². The van der Waals surface area contributed by atoms with Crippen molar-refractivity contribution in [3.63, 3.8) is 0 Å². The number of esters is 4. The number of alkyl carbamates (subject to hydrolysis) is 2. The number of ether oxygens (including phenoxy) is 8. The molecule has 3 saturated heterocycles. The smallest absolute Gasteiger partial charge is 0.408 e. The largest absolute Gasteiger partial charge is 0.496 e. The summed E-state index contributed by atoms with van der Waals surface area (Å²) in [5.41, 5.74) is 13.3. The number of aromatic nitrogens is 2. The minimum atomic E-state index is -0.989. The van der Waals surface area contributed by atoms with Crippen LogP contribution in [-0.2, 0) is 86.0 Å². The van der Waals surface area contributed by atoms with Gasteiger partial charge in [-0.3, -0.25) is 43.2 Å². The number of nitrogens with two attached hydrogens (primary N) is 2. The first-order chi connectivity index (χ1) is 66.0. The summed E-state index contributed by atoms with van der Waals surface area (Å²) in [5.74, 6) is -4.10. The van der Waals surface area contributed by atoms with Crippen molar-refractivity contribution in [3.05, 3.63) is 59.4 Å². The number of ketones is 1. The van der Waals surface area contributed by atoms with E-state index in [0.717, 1.165) is 130 Å². The molecular weight excluding hydrogens is 1800 g/mol. The van der Waals surface area contributed by atoms with Crippen LogP contribution in [0.15, 0.2) is 42.5 Å². The van der Waals surface area contributed by atoms with Crippen molar-refractivity contribution in [2.75, 3.05) is 62.3 Å². The Kier molecular flexibility index (Phi) is 47.0. The average Bonchev–Trinajstić information content (AvgIpc) is 1.66. The van der Waals surface area contributed by atoms with Crippen molar-refractivity contribution in [2.45, 2.75) is 326 Å². The molecule has 8 fully saturated rings. The van der Waals surface area contributed by atoms with E-state index in [0.29, 0.717) is 118 Å². The van der Waals surface area contributed by atoms with Crippen LogP contribution < -0.4 is 68.8 Å². The number of Topliss-reactive ketones (excluding diaryl/α,β-unsaturated/α-hetero) is 1. The number of carbonyl (C=O) groups is 16. The van der Waals surface area contributed by atoms with Crippen LogP contribution in [0.3, 0.4) is 0 Å². The van der Waals surface area contributed by atoms with Gasteiger partial charge in [-0.15, -0.1) is 0 Å². The Morgan fingerprint density at radius 3 is 1.16 bits per heavy atom. The van der Waals surface area contributed by atoms with Gasteiger partial charge in [-0.05, 0) is 198 Å². The number of fused-ring (bicyclic) bond motifs is 2. The molecule has 5 saturated carbocycles. The van der Waals surface area contributed by atoms with Crippen molar-refractivity contribution in [1.82, 2.24) is 57.8 Å². The number of aliphatic carboxylic acids is 1. The molecule has 8 aliphatic rings. The van der Waals surface area contributed by atoms with E-state index in [1.54, 1.807) is 67.9 Å². The molecule has 3 aliphatic heterocycles. The molecule has 4 aromatic rings. The zero-order chi connectivity index (χ0) is 102. The summed E-state index contributed by atoms with van der Waals surface area (Å²) in [6.45, 7) is 14.3. The van der Waals surface area contributed by atoms with Crippen LogP contribution in [0.4, 0.5) is 9.59 Å². The summed E-state index contributed by atoms with van der Waals surface area (Å²) >= 11 is 0. The number of hydrogen-bond acceptors (Lipinski definition) is 26. The molecule has 0 radical (unpaired) electrons. The number of carbonyl (C=O) groups excluding carboxylic acids is 14. The summed E-state index contributed by atoms with van der Waals surface area (Å²) in [7, 11) is 8.22. The monoisotopic (exact) mass is 1950 g/mol. The summed E-state index contributed by atoms with van der Waals surface area (Å²) < 4.78 is 40.0. The lowest BCUT2D eigenvalue weighted by molar-refractivity contribution is -0.146. The maximum atomic E-state index is 13.5. The molecule has 5 heterocycles. The number of nitrogens with one attached hydrogen (secondary N) is 11. The Morgan fingerprint density at radius 2 is 0.770 bits per heavy atom. The molecule has 39 nitrogen and oxygen atoms in total. The van der Waals surface area contributed by atoms with E-state index in [-0.39, 0.29) is 78.0 Å². The van der Waals surface area contributed by atoms with E-state index >= 15 is 0 Å². The third-order valence-electron chi connectivity index (χ3n) is 26.5. The Labute approximate surface area is 814 Å². The molecule has 12 rings (SSSR count). The van der Waals surface area contributed by atoms with E-state index in [1.807, 2.05) is 37.3 Å². The van der Waals surface area contributed by atoms with Gasteiger partial charge in [0.05, 0.1) is 54.2 Å². The van der Waals surface area contributed by atoms with Gasteiger partial charge in [-0.2, -0.15) is 0 Å². The standard InChI is InChI=1S/C28H37N3O6.C22H37N3O6.C17H29N3O4.C14H25NO4.C11H11NO3.C8H14N2O3/c1-36-25-13-7-11-20-19(25)16-22(29-20)27(34)30-21(14-17-8-4-3-5-9-17)26(33)31-23(28(35)37-2)15-18-10-6-12-24(18)32;1-22(2,3)31-21(29)25-16(12-14-8-6-5-7-9-14)19(27)24-17(20(28)30-4)13-15-10-11-23-18(15)26;1-24-17(23)14(10-12-7-8-19-15(12)21)20-16(22)13(18)9-11-5-3-2-4-6-11;1-14(2,3)19-13(18)15-11(12(16)17)9-10-7-5-4-6-8-10;1-6-3-8-7(10(4-6)15-2)5-9(12-8)11(13)14;1-13-8(12)6(9)4-5-2-3-10-7(5)11/h7,11,13,16-18,21,23,29H,3-6,8-10,12,14-15H2,1-2H3,(H,30,34)(H,31,33);14-17H,5-13H2,1-4H3,(H,23,26)(H,24,27)(H,25,29);11-14H,2-10,18H2,1H3,(H,19,21)(H,20,22);10-11H,4-9H2,1-3H3,(H,15,18)(H,16,17);3-5,12H,1-2H3,(H,13,14);5-6H,2-4,9H2,1H3,(H,10,11)/t18-,21-,23-;15-,16-,17-;12-,13-,14-;11-;;5-,6-/m0000.0/s1. The lowest BCUT2D eigenvalue weighted by atomic mass is 9.84. The Bertz CT molecular complexity index is 4740. The normalized spacial score (nSPS) is 20.2. The third-order valence-corrected chi connectivity index (χ3v) is 26.5. The van der Waals surface area contributed by atoms with Gasteiger partial charge in [0.15, 0.2) is 0 Å². The second kappa shape index (κ2) is 57.2. The number of benzene rings is 2. The van der Waals surface area contributed by atoms with Gasteiger partial charge in [-0.25, -0.2) is 33.6 Å². The minimum absolute atomic E-state index is 0.0145. The highest BCUT2D eigenvalue weighted by Crippen LogP contribution is 2.35. The topological polar surface area (TPSA) is 579 Å². The molecule has 2 aromatic heterocycles. The fourth-order valence-corrected chi connectivity index (χ4v) is 19.1. The fraction of sp³-hybridized carbons (Fsp3) is 0.680. The highest BCUT2D eigenvalue weighted by molar-refractivity contribution is 6.02. The summed E-state index contributed by atoms with van der Waals surface area (Å²) in [5, 5.41) is 44.0. The number of hydrogen-bond donors (Lipinski definition) is 15. The quantitative estimate of drug-likeness (QED) is 0.0153. The van der Waals surface area contributed by atoms with E-state index in [4.69, 9.17) is 49.7 Å². The van der Waals surface area contributed by atoms with Gasteiger partial charge in [0, 0.05) is 66.0 Å². The van der Waals surface area contributed by atoms with Crippen LogP contribution in [-0.4, -0.2) is 237 Å². The second-order valence-corrected chi connectivity index (χ2v) is 39.6. The molecule has 2 aromatic carbocycles. The van der Waals surface area contributed by atoms with E-state index < -0.39 is 125 Å². The number of aromatic carboxylic acids is 1. The number of carboxylic acids is 2. The highest BCUT2D eigenvalue weighted by atomic mass is 16.6. The molecule has 39 heteroatoms. The minimum Gasteiger partial charge on any atom is -0.496 e. The Balaban J connectivity index is 0.000000235. The average molecular weight is 1950 g/mol.